The van der Waals surface area contributed by atoms with E-state index < -0.39 is 9.84 Å². The molecule has 1 aliphatic heterocycles. The molecule has 1 fully saturated rings. The van der Waals surface area contributed by atoms with Gasteiger partial charge in [-0.15, -0.1) is 0 Å². The average molecular weight is 395 g/mol. The molecule has 0 bridgehead atoms. The van der Waals surface area contributed by atoms with Gasteiger partial charge in [0.25, 0.3) is 5.91 Å². The highest BCUT2D eigenvalue weighted by molar-refractivity contribution is 7.91. The minimum Gasteiger partial charge on any atom is -0.483 e. The molecule has 6 heteroatoms. The summed E-state index contributed by atoms with van der Waals surface area (Å²) in [7, 11) is -3.11. The van der Waals surface area contributed by atoms with E-state index in [9.17, 15) is 13.2 Å². The van der Waals surface area contributed by atoms with E-state index in [1.165, 1.54) is 0 Å². The summed E-state index contributed by atoms with van der Waals surface area (Å²) in [5, 5.41) is 1.97. The van der Waals surface area contributed by atoms with E-state index in [-0.39, 0.29) is 30.1 Å². The lowest BCUT2D eigenvalue weighted by molar-refractivity contribution is -0.120. The first-order chi connectivity index (χ1) is 13.5. The fraction of sp³-hybridized carbons (Fsp3) is 0.227. The van der Waals surface area contributed by atoms with Crippen LogP contribution in [0.2, 0.25) is 0 Å². The van der Waals surface area contributed by atoms with Crippen molar-refractivity contribution >= 4 is 32.2 Å². The Hall–Kier alpha value is -2.86. The number of amides is 1. The number of carbonyl (C=O) groups is 1. The highest BCUT2D eigenvalue weighted by Gasteiger charge is 2.35. The van der Waals surface area contributed by atoms with E-state index in [1.807, 2.05) is 72.8 Å². The molecule has 1 unspecified atom stereocenters. The van der Waals surface area contributed by atoms with Crippen molar-refractivity contribution in [1.82, 2.24) is 0 Å². The molecule has 0 aliphatic carbocycles. The quantitative estimate of drug-likeness (QED) is 0.664. The van der Waals surface area contributed by atoms with Gasteiger partial charge in [0.05, 0.1) is 17.5 Å². The zero-order valence-corrected chi connectivity index (χ0v) is 16.1. The predicted molar refractivity (Wildman–Crippen MR) is 110 cm³/mol. The summed E-state index contributed by atoms with van der Waals surface area (Å²) in [6.07, 6.45) is 0.442. The minimum absolute atomic E-state index is 0.0120. The van der Waals surface area contributed by atoms with Gasteiger partial charge in [-0.3, -0.25) is 4.79 Å². The van der Waals surface area contributed by atoms with Gasteiger partial charge in [0.2, 0.25) is 0 Å². The first-order valence-corrected chi connectivity index (χ1v) is 11.0. The van der Waals surface area contributed by atoms with Crippen molar-refractivity contribution in [3.63, 3.8) is 0 Å². The maximum atomic E-state index is 13.1. The van der Waals surface area contributed by atoms with Crippen molar-refractivity contribution in [2.75, 3.05) is 23.0 Å². The summed E-state index contributed by atoms with van der Waals surface area (Å²) in [6, 6.07) is 22.4. The van der Waals surface area contributed by atoms with Crippen LogP contribution in [0.3, 0.4) is 0 Å². The van der Waals surface area contributed by atoms with Gasteiger partial charge in [0.1, 0.15) is 5.75 Å². The monoisotopic (exact) mass is 395 g/mol. The van der Waals surface area contributed by atoms with Crippen molar-refractivity contribution in [2.45, 2.75) is 12.5 Å². The van der Waals surface area contributed by atoms with Crippen LogP contribution >= 0.6 is 0 Å². The van der Waals surface area contributed by atoms with Crippen LogP contribution in [-0.4, -0.2) is 38.5 Å². The molecular formula is C22H21NO4S. The summed E-state index contributed by atoms with van der Waals surface area (Å²) in [6.45, 7) is -0.153. The number of hydrogen-bond acceptors (Lipinski definition) is 4. The second-order valence-corrected chi connectivity index (χ2v) is 9.15. The number of carbonyl (C=O) groups excluding carboxylic acids is 1. The predicted octanol–water partition coefficient (Wildman–Crippen LogP) is 3.44. The topological polar surface area (TPSA) is 63.7 Å². The number of benzene rings is 3. The lowest BCUT2D eigenvalue weighted by atomic mass is 10.1. The Kier molecular flexibility index (Phi) is 5.05. The first-order valence-electron chi connectivity index (χ1n) is 9.22. The van der Waals surface area contributed by atoms with Crippen LogP contribution in [0.25, 0.3) is 10.8 Å². The third kappa shape index (κ3) is 3.87. The lowest BCUT2D eigenvalue weighted by Gasteiger charge is -2.28. The average Bonchev–Trinajstić information content (AvgIpc) is 3.06. The van der Waals surface area contributed by atoms with E-state index in [0.29, 0.717) is 17.9 Å². The number of sulfone groups is 1. The van der Waals surface area contributed by atoms with Gasteiger partial charge in [0, 0.05) is 11.1 Å². The summed E-state index contributed by atoms with van der Waals surface area (Å²) in [5.41, 5.74) is 0.691. The Labute approximate surface area is 164 Å². The second kappa shape index (κ2) is 7.64. The molecule has 3 aromatic rings. The number of fused-ring (bicyclic) bond motifs is 1. The number of rotatable bonds is 5. The summed E-state index contributed by atoms with van der Waals surface area (Å²) in [4.78, 5) is 14.6. The van der Waals surface area contributed by atoms with Crippen molar-refractivity contribution in [2.24, 2.45) is 0 Å². The molecule has 0 radical (unpaired) electrons. The Morgan fingerprint density at radius 2 is 1.68 bits per heavy atom. The largest absolute Gasteiger partial charge is 0.483 e. The third-order valence-corrected chi connectivity index (χ3v) is 6.73. The van der Waals surface area contributed by atoms with Gasteiger partial charge in [-0.25, -0.2) is 8.42 Å². The molecule has 1 saturated heterocycles. The molecule has 0 aromatic heterocycles. The number of hydrogen-bond donors (Lipinski definition) is 0. The molecule has 28 heavy (non-hydrogen) atoms. The standard InChI is InChI=1S/C22H21NO4S/c24-22(15-27-21-12-6-8-17-7-4-5-11-20(17)21)23(18-9-2-1-3-10-18)19-13-14-28(25,26)16-19/h1-12,19H,13-16H2. The Balaban J connectivity index is 1.57. The zero-order chi connectivity index (χ0) is 19.6. The molecule has 5 nitrogen and oxygen atoms in total. The highest BCUT2D eigenvalue weighted by Crippen LogP contribution is 2.27. The number of anilines is 1. The normalized spacial score (nSPS) is 18.1. The van der Waals surface area contributed by atoms with Crippen LogP contribution in [0.4, 0.5) is 5.69 Å². The van der Waals surface area contributed by atoms with E-state index in [0.717, 1.165) is 10.8 Å². The lowest BCUT2D eigenvalue weighted by Crippen LogP contribution is -2.43. The van der Waals surface area contributed by atoms with Crippen LogP contribution in [-0.2, 0) is 14.6 Å². The van der Waals surface area contributed by atoms with Gasteiger partial charge in [-0.2, -0.15) is 0 Å². The zero-order valence-electron chi connectivity index (χ0n) is 15.3. The van der Waals surface area contributed by atoms with Crippen molar-refractivity contribution in [3.8, 4) is 5.75 Å². The SMILES string of the molecule is O=C(COc1cccc2ccccc12)N(c1ccccc1)C1CCS(=O)(=O)C1. The number of nitrogens with zero attached hydrogens (tertiary/aromatic N) is 1. The molecule has 0 saturated carbocycles. The van der Waals surface area contributed by atoms with Crippen molar-refractivity contribution in [3.05, 3.63) is 72.8 Å². The molecule has 3 aromatic carbocycles. The van der Waals surface area contributed by atoms with E-state index in [1.54, 1.807) is 4.90 Å². The third-order valence-electron chi connectivity index (χ3n) is 4.98. The van der Waals surface area contributed by atoms with Gasteiger partial charge in [-0.1, -0.05) is 54.6 Å². The van der Waals surface area contributed by atoms with E-state index >= 15 is 0 Å². The van der Waals surface area contributed by atoms with Crippen LogP contribution in [0.1, 0.15) is 6.42 Å². The van der Waals surface area contributed by atoms with Gasteiger partial charge in [-0.05, 0) is 30.0 Å². The first kappa shape index (κ1) is 18.5. The van der Waals surface area contributed by atoms with E-state index in [2.05, 4.69) is 0 Å². The van der Waals surface area contributed by atoms with E-state index in [4.69, 9.17) is 4.74 Å². The van der Waals surface area contributed by atoms with Crippen molar-refractivity contribution in [1.29, 1.82) is 0 Å². The molecule has 4 rings (SSSR count). The molecule has 1 atom stereocenters. The molecule has 0 spiro atoms. The second-order valence-electron chi connectivity index (χ2n) is 6.92. The van der Waals surface area contributed by atoms with Gasteiger partial charge in [0.15, 0.2) is 16.4 Å². The molecule has 1 amide bonds. The Bertz CT molecular complexity index is 1090. The molecule has 1 heterocycles. The molecule has 1 aliphatic rings. The van der Waals surface area contributed by atoms with Crippen LogP contribution in [0.15, 0.2) is 72.8 Å². The van der Waals surface area contributed by atoms with Crippen LogP contribution in [0, 0.1) is 0 Å². The van der Waals surface area contributed by atoms with Crippen LogP contribution in [0.5, 0.6) is 5.75 Å². The molecule has 0 N–H and O–H groups in total. The van der Waals surface area contributed by atoms with Crippen molar-refractivity contribution < 1.29 is 17.9 Å². The molecule has 144 valence electrons. The maximum Gasteiger partial charge on any atom is 0.265 e. The Morgan fingerprint density at radius 3 is 2.43 bits per heavy atom. The van der Waals surface area contributed by atoms with Crippen LogP contribution < -0.4 is 9.64 Å². The summed E-state index contributed by atoms with van der Waals surface area (Å²) < 4.78 is 29.8. The summed E-state index contributed by atoms with van der Waals surface area (Å²) >= 11 is 0. The maximum absolute atomic E-state index is 13.1. The fourth-order valence-electron chi connectivity index (χ4n) is 3.66. The highest BCUT2D eigenvalue weighted by atomic mass is 32.2. The number of ether oxygens (including phenoxy) is 1. The smallest absolute Gasteiger partial charge is 0.265 e. The summed E-state index contributed by atoms with van der Waals surface area (Å²) in [5.74, 6) is 0.486. The van der Waals surface area contributed by atoms with Gasteiger partial charge >= 0.3 is 0 Å². The fourth-order valence-corrected chi connectivity index (χ4v) is 5.36. The Morgan fingerprint density at radius 1 is 0.964 bits per heavy atom. The minimum atomic E-state index is -3.11. The molecular weight excluding hydrogens is 374 g/mol. The van der Waals surface area contributed by atoms with Gasteiger partial charge < -0.3 is 9.64 Å². The number of para-hydroxylation sites is 1.